The molecule has 6 nitrogen and oxygen atoms in total. The number of carbonyl (C=O) groups is 2. The predicted molar refractivity (Wildman–Crippen MR) is 110 cm³/mol. The molecule has 0 aliphatic heterocycles. The molecule has 1 N–H and O–H groups in total. The number of rotatable bonds is 8. The van der Waals surface area contributed by atoms with Gasteiger partial charge in [-0.05, 0) is 38.5 Å². The second kappa shape index (κ2) is 9.60. The summed E-state index contributed by atoms with van der Waals surface area (Å²) in [7, 11) is 3.41. The molecule has 0 aliphatic carbocycles. The van der Waals surface area contributed by atoms with E-state index in [-0.39, 0.29) is 17.6 Å². The van der Waals surface area contributed by atoms with Crippen LogP contribution in [0.1, 0.15) is 41.5 Å². The SMILES string of the molecule is CCCCn1c(SCC(=O)Nc2cccc(C(=O)N(C)C)c2)nc(C)c1C. The van der Waals surface area contributed by atoms with Crippen molar-refractivity contribution in [2.24, 2.45) is 0 Å². The van der Waals surface area contributed by atoms with Gasteiger partial charge in [0.25, 0.3) is 5.91 Å². The van der Waals surface area contributed by atoms with Crippen LogP contribution in [0.25, 0.3) is 0 Å². The van der Waals surface area contributed by atoms with E-state index in [2.05, 4.69) is 28.7 Å². The summed E-state index contributed by atoms with van der Waals surface area (Å²) in [6.45, 7) is 7.14. The monoisotopic (exact) mass is 388 g/mol. The van der Waals surface area contributed by atoms with Crippen molar-refractivity contribution in [3.8, 4) is 0 Å². The summed E-state index contributed by atoms with van der Waals surface area (Å²) in [6, 6.07) is 6.99. The lowest BCUT2D eigenvalue weighted by Gasteiger charge is -2.12. The van der Waals surface area contributed by atoms with E-state index >= 15 is 0 Å². The van der Waals surface area contributed by atoms with Crippen LogP contribution in [0.2, 0.25) is 0 Å². The molecule has 1 aromatic heterocycles. The van der Waals surface area contributed by atoms with Gasteiger partial charge in [0.1, 0.15) is 0 Å². The van der Waals surface area contributed by atoms with Crippen LogP contribution in [0, 0.1) is 13.8 Å². The number of amides is 2. The van der Waals surface area contributed by atoms with Crippen LogP contribution in [0.5, 0.6) is 0 Å². The molecule has 0 fully saturated rings. The summed E-state index contributed by atoms with van der Waals surface area (Å²) in [5, 5.41) is 3.74. The van der Waals surface area contributed by atoms with Gasteiger partial charge in [-0.3, -0.25) is 9.59 Å². The minimum atomic E-state index is -0.116. The van der Waals surface area contributed by atoms with Gasteiger partial charge < -0.3 is 14.8 Å². The van der Waals surface area contributed by atoms with Crippen molar-refractivity contribution in [2.45, 2.75) is 45.3 Å². The third-order valence-corrected chi connectivity index (χ3v) is 5.27. The van der Waals surface area contributed by atoms with Gasteiger partial charge in [0, 0.05) is 37.6 Å². The van der Waals surface area contributed by atoms with Gasteiger partial charge in [0.2, 0.25) is 5.91 Å². The highest BCUT2D eigenvalue weighted by Crippen LogP contribution is 2.22. The summed E-state index contributed by atoms with van der Waals surface area (Å²) in [4.78, 5) is 30.5. The van der Waals surface area contributed by atoms with Crippen LogP contribution in [-0.4, -0.2) is 46.1 Å². The van der Waals surface area contributed by atoms with Crippen LogP contribution in [0.4, 0.5) is 5.69 Å². The molecule has 0 saturated carbocycles. The third-order valence-electron chi connectivity index (χ3n) is 4.29. The standard InChI is InChI=1S/C20H28N4O2S/c1-6-7-11-24-15(3)14(2)21-20(24)27-13-18(25)22-17-10-8-9-16(12-17)19(26)23(4)5/h8-10,12H,6-7,11,13H2,1-5H3,(H,22,25). The lowest BCUT2D eigenvalue weighted by molar-refractivity contribution is -0.113. The van der Waals surface area contributed by atoms with Gasteiger partial charge >= 0.3 is 0 Å². The van der Waals surface area contributed by atoms with E-state index in [0.717, 1.165) is 35.9 Å². The first kappa shape index (κ1) is 21.0. The number of unbranched alkanes of at least 4 members (excludes halogenated alkanes) is 1. The maximum absolute atomic E-state index is 12.4. The predicted octanol–water partition coefficient (Wildman–Crippen LogP) is 3.73. The van der Waals surface area contributed by atoms with Gasteiger partial charge in [-0.15, -0.1) is 0 Å². The second-order valence-corrected chi connectivity index (χ2v) is 7.63. The first-order chi connectivity index (χ1) is 12.8. The maximum atomic E-state index is 12.4. The molecule has 7 heteroatoms. The van der Waals surface area contributed by atoms with E-state index in [9.17, 15) is 9.59 Å². The van der Waals surface area contributed by atoms with Gasteiger partial charge in [0.15, 0.2) is 5.16 Å². The highest BCUT2D eigenvalue weighted by Gasteiger charge is 2.14. The Kier molecular flexibility index (Phi) is 7.47. The Morgan fingerprint density at radius 2 is 2.00 bits per heavy atom. The third kappa shape index (κ3) is 5.60. The normalized spacial score (nSPS) is 10.7. The van der Waals surface area contributed by atoms with E-state index < -0.39 is 0 Å². The number of nitrogens with one attached hydrogen (secondary N) is 1. The average molecular weight is 389 g/mol. The first-order valence-electron chi connectivity index (χ1n) is 9.11. The fraction of sp³-hybridized carbons (Fsp3) is 0.450. The summed E-state index contributed by atoms with van der Waals surface area (Å²) >= 11 is 1.44. The van der Waals surface area contributed by atoms with Crippen molar-refractivity contribution in [3.05, 3.63) is 41.2 Å². The van der Waals surface area contributed by atoms with Crippen molar-refractivity contribution in [1.29, 1.82) is 0 Å². The number of hydrogen-bond donors (Lipinski definition) is 1. The molecule has 2 rings (SSSR count). The zero-order chi connectivity index (χ0) is 20.0. The van der Waals surface area contributed by atoms with Crippen molar-refractivity contribution >= 4 is 29.3 Å². The number of imidazole rings is 1. The molecule has 2 aromatic rings. The Balaban J connectivity index is 2.00. The van der Waals surface area contributed by atoms with Crippen LogP contribution >= 0.6 is 11.8 Å². The maximum Gasteiger partial charge on any atom is 0.253 e. The minimum Gasteiger partial charge on any atom is -0.345 e. The molecule has 146 valence electrons. The summed E-state index contributed by atoms with van der Waals surface area (Å²) < 4.78 is 2.19. The number of thioether (sulfide) groups is 1. The highest BCUT2D eigenvalue weighted by molar-refractivity contribution is 7.99. The molecule has 1 heterocycles. The van der Waals surface area contributed by atoms with E-state index in [1.807, 2.05) is 6.92 Å². The topological polar surface area (TPSA) is 67.2 Å². The molecular formula is C20H28N4O2S. The highest BCUT2D eigenvalue weighted by atomic mass is 32.2. The lowest BCUT2D eigenvalue weighted by Crippen LogP contribution is -2.22. The quantitative estimate of drug-likeness (QED) is 0.700. The van der Waals surface area contributed by atoms with E-state index in [0.29, 0.717) is 11.3 Å². The molecule has 27 heavy (non-hydrogen) atoms. The van der Waals surface area contributed by atoms with E-state index in [1.54, 1.807) is 38.4 Å². The molecule has 0 spiro atoms. The zero-order valence-electron chi connectivity index (χ0n) is 16.7. The molecule has 0 unspecified atom stereocenters. The molecule has 0 aliphatic rings. The van der Waals surface area contributed by atoms with Crippen LogP contribution in [0.3, 0.4) is 0 Å². The van der Waals surface area contributed by atoms with Crippen molar-refractivity contribution in [2.75, 3.05) is 25.2 Å². The Morgan fingerprint density at radius 1 is 1.26 bits per heavy atom. The number of hydrogen-bond acceptors (Lipinski definition) is 4. The second-order valence-electron chi connectivity index (χ2n) is 6.69. The first-order valence-corrected chi connectivity index (χ1v) is 10.1. The van der Waals surface area contributed by atoms with Crippen LogP contribution < -0.4 is 5.32 Å². The number of anilines is 1. The molecule has 2 amide bonds. The van der Waals surface area contributed by atoms with Gasteiger partial charge in [0.05, 0.1) is 11.4 Å². The molecule has 0 saturated heterocycles. The number of aromatic nitrogens is 2. The van der Waals surface area contributed by atoms with Crippen molar-refractivity contribution in [1.82, 2.24) is 14.5 Å². The van der Waals surface area contributed by atoms with E-state index in [4.69, 9.17) is 0 Å². The molecule has 0 radical (unpaired) electrons. The number of carbonyl (C=O) groups excluding carboxylic acids is 2. The average Bonchev–Trinajstić information content (AvgIpc) is 2.91. The Bertz CT molecular complexity index is 814. The van der Waals surface area contributed by atoms with Gasteiger partial charge in [-0.25, -0.2) is 4.98 Å². The number of aryl methyl sites for hydroxylation is 1. The lowest BCUT2D eigenvalue weighted by atomic mass is 10.2. The molecule has 1 aromatic carbocycles. The number of benzene rings is 1. The van der Waals surface area contributed by atoms with Crippen molar-refractivity contribution in [3.63, 3.8) is 0 Å². The molecule has 0 bridgehead atoms. The minimum absolute atomic E-state index is 0.0932. The largest absolute Gasteiger partial charge is 0.345 e. The van der Waals surface area contributed by atoms with Gasteiger partial charge in [-0.2, -0.15) is 0 Å². The Hall–Kier alpha value is -2.28. The smallest absolute Gasteiger partial charge is 0.253 e. The van der Waals surface area contributed by atoms with E-state index in [1.165, 1.54) is 16.7 Å². The van der Waals surface area contributed by atoms with Gasteiger partial charge in [-0.1, -0.05) is 31.2 Å². The molecule has 0 atom stereocenters. The fourth-order valence-electron chi connectivity index (χ4n) is 2.63. The molecular weight excluding hydrogens is 360 g/mol. The fourth-order valence-corrected chi connectivity index (χ4v) is 3.55. The summed E-state index contributed by atoms with van der Waals surface area (Å²) in [5.74, 6) is 0.0626. The summed E-state index contributed by atoms with van der Waals surface area (Å²) in [5.41, 5.74) is 3.33. The summed E-state index contributed by atoms with van der Waals surface area (Å²) in [6.07, 6.45) is 2.20. The van der Waals surface area contributed by atoms with Crippen molar-refractivity contribution < 1.29 is 9.59 Å². The number of nitrogens with zero attached hydrogens (tertiary/aromatic N) is 3. The Labute approximate surface area is 165 Å². The zero-order valence-corrected chi connectivity index (χ0v) is 17.5. The Morgan fingerprint density at radius 3 is 2.67 bits per heavy atom. The van der Waals surface area contributed by atoms with Crippen LogP contribution in [0.15, 0.2) is 29.4 Å². The van der Waals surface area contributed by atoms with Crippen LogP contribution in [-0.2, 0) is 11.3 Å².